The predicted octanol–water partition coefficient (Wildman–Crippen LogP) is 0.533. The third-order valence-corrected chi connectivity index (χ3v) is 1.47. The molecule has 1 rings (SSSR count). The van der Waals surface area contributed by atoms with Crippen LogP contribution in [-0.2, 0) is 11.3 Å². The highest BCUT2D eigenvalue weighted by Crippen LogP contribution is 1.95. The third-order valence-electron chi connectivity index (χ3n) is 1.47. The molecule has 0 radical (unpaired) electrons. The van der Waals surface area contributed by atoms with Crippen LogP contribution in [0.1, 0.15) is 13.8 Å². The second kappa shape index (κ2) is 4.81. The average molecular weight is 184 g/mol. The number of hydrogen-bond acceptors (Lipinski definition) is 4. The zero-order chi connectivity index (χ0) is 9.68. The molecule has 1 heterocycles. The molecule has 0 saturated heterocycles. The molecule has 13 heavy (non-hydrogen) atoms. The minimum Gasteiger partial charge on any atom is -0.381 e. The molecule has 0 fully saturated rings. The fourth-order valence-corrected chi connectivity index (χ4v) is 0.900. The summed E-state index contributed by atoms with van der Waals surface area (Å²) in [6.07, 6.45) is 1.69. The Kier molecular flexibility index (Phi) is 3.70. The van der Waals surface area contributed by atoms with Gasteiger partial charge in [-0.3, -0.25) is 0 Å². The molecule has 0 aliphatic heterocycles. The van der Waals surface area contributed by atoms with E-state index >= 15 is 0 Å². The van der Waals surface area contributed by atoms with E-state index in [0.717, 1.165) is 6.61 Å². The number of nitrogen functional groups attached to an aromatic ring is 1. The molecule has 0 amide bonds. The van der Waals surface area contributed by atoms with Crippen molar-refractivity contribution < 1.29 is 4.74 Å². The van der Waals surface area contributed by atoms with Gasteiger partial charge in [0.2, 0.25) is 0 Å². The van der Waals surface area contributed by atoms with Crippen molar-refractivity contribution in [2.45, 2.75) is 20.4 Å². The lowest BCUT2D eigenvalue weighted by Crippen LogP contribution is -2.09. The van der Waals surface area contributed by atoms with E-state index in [1.54, 1.807) is 10.9 Å². The monoisotopic (exact) mass is 184 g/mol. The summed E-state index contributed by atoms with van der Waals surface area (Å²) in [5.74, 6) is 1.02. The van der Waals surface area contributed by atoms with Crippen molar-refractivity contribution in [1.29, 1.82) is 0 Å². The van der Waals surface area contributed by atoms with Gasteiger partial charge in [0.05, 0.1) is 19.3 Å². The van der Waals surface area contributed by atoms with E-state index in [2.05, 4.69) is 24.2 Å². The van der Waals surface area contributed by atoms with Gasteiger partial charge in [0.25, 0.3) is 0 Å². The van der Waals surface area contributed by atoms with Crippen molar-refractivity contribution in [3.63, 3.8) is 0 Å². The maximum Gasteiger partial charge on any atom is 0.165 e. The normalized spacial score (nSPS) is 11.0. The SMILES string of the molecule is CC(C)COCCn1cc(N)nn1. The Balaban J connectivity index is 2.13. The highest BCUT2D eigenvalue weighted by molar-refractivity contribution is 5.19. The van der Waals surface area contributed by atoms with Gasteiger partial charge < -0.3 is 10.5 Å². The maximum absolute atomic E-state index is 5.40. The molecule has 0 spiro atoms. The number of nitrogens with two attached hydrogens (primary N) is 1. The standard InChI is InChI=1S/C8H16N4O/c1-7(2)6-13-4-3-12-5-8(9)10-11-12/h5,7H,3-4,6,9H2,1-2H3. The Labute approximate surface area is 77.9 Å². The maximum atomic E-state index is 5.40. The molecule has 0 aliphatic rings. The van der Waals surface area contributed by atoms with E-state index in [-0.39, 0.29) is 0 Å². The van der Waals surface area contributed by atoms with E-state index in [9.17, 15) is 0 Å². The van der Waals surface area contributed by atoms with Gasteiger partial charge in [-0.15, -0.1) is 5.10 Å². The molecule has 0 unspecified atom stereocenters. The first-order valence-electron chi connectivity index (χ1n) is 4.42. The summed E-state index contributed by atoms with van der Waals surface area (Å²) in [6.45, 7) is 6.38. The Morgan fingerprint density at radius 3 is 2.92 bits per heavy atom. The summed E-state index contributed by atoms with van der Waals surface area (Å²) >= 11 is 0. The largest absolute Gasteiger partial charge is 0.381 e. The lowest BCUT2D eigenvalue weighted by atomic mass is 10.2. The van der Waals surface area contributed by atoms with Crippen molar-refractivity contribution in [3.05, 3.63) is 6.20 Å². The second-order valence-electron chi connectivity index (χ2n) is 3.38. The number of anilines is 1. The molecule has 5 nitrogen and oxygen atoms in total. The molecule has 0 aromatic carbocycles. The molecular formula is C8H16N4O. The lowest BCUT2D eigenvalue weighted by Gasteiger charge is -2.05. The van der Waals surface area contributed by atoms with E-state index in [1.807, 2.05) is 0 Å². The topological polar surface area (TPSA) is 66.0 Å². The van der Waals surface area contributed by atoms with Crippen LogP contribution in [0.3, 0.4) is 0 Å². The van der Waals surface area contributed by atoms with E-state index < -0.39 is 0 Å². The zero-order valence-corrected chi connectivity index (χ0v) is 8.10. The fourth-order valence-electron chi connectivity index (χ4n) is 0.900. The van der Waals surface area contributed by atoms with Gasteiger partial charge in [-0.1, -0.05) is 19.1 Å². The summed E-state index contributed by atoms with van der Waals surface area (Å²) in [6, 6.07) is 0. The first-order valence-corrected chi connectivity index (χ1v) is 4.42. The lowest BCUT2D eigenvalue weighted by molar-refractivity contribution is 0.101. The number of nitrogens with zero attached hydrogens (tertiary/aromatic N) is 3. The van der Waals surface area contributed by atoms with Crippen LogP contribution in [0.4, 0.5) is 5.82 Å². The van der Waals surface area contributed by atoms with Gasteiger partial charge >= 0.3 is 0 Å². The second-order valence-corrected chi connectivity index (χ2v) is 3.38. The van der Waals surface area contributed by atoms with E-state index in [0.29, 0.717) is 24.9 Å². The van der Waals surface area contributed by atoms with Crippen molar-refractivity contribution >= 4 is 5.82 Å². The fraction of sp³-hybridized carbons (Fsp3) is 0.750. The van der Waals surface area contributed by atoms with Crippen molar-refractivity contribution in [2.24, 2.45) is 5.92 Å². The molecule has 2 N–H and O–H groups in total. The van der Waals surface area contributed by atoms with Gasteiger partial charge in [-0.05, 0) is 5.92 Å². The Bertz CT molecular complexity index is 246. The van der Waals surface area contributed by atoms with Crippen LogP contribution >= 0.6 is 0 Å². The van der Waals surface area contributed by atoms with Gasteiger partial charge in [-0.2, -0.15) is 0 Å². The molecule has 0 atom stereocenters. The average Bonchev–Trinajstić information content (AvgIpc) is 2.45. The number of ether oxygens (including phenoxy) is 1. The summed E-state index contributed by atoms with van der Waals surface area (Å²) in [5.41, 5.74) is 5.40. The molecule has 1 aromatic heterocycles. The van der Waals surface area contributed by atoms with Gasteiger partial charge in [0, 0.05) is 6.61 Å². The highest BCUT2D eigenvalue weighted by atomic mass is 16.5. The summed E-state index contributed by atoms with van der Waals surface area (Å²) in [7, 11) is 0. The smallest absolute Gasteiger partial charge is 0.165 e. The minimum atomic E-state index is 0.448. The zero-order valence-electron chi connectivity index (χ0n) is 8.10. The molecule has 1 aromatic rings. The van der Waals surface area contributed by atoms with Crippen LogP contribution in [0.25, 0.3) is 0 Å². The van der Waals surface area contributed by atoms with Gasteiger partial charge in [-0.25, -0.2) is 4.68 Å². The predicted molar refractivity (Wildman–Crippen MR) is 50.1 cm³/mol. The summed E-state index contributed by atoms with van der Waals surface area (Å²) in [4.78, 5) is 0. The number of hydrogen-bond donors (Lipinski definition) is 1. The van der Waals surface area contributed by atoms with Crippen LogP contribution < -0.4 is 5.73 Å². The van der Waals surface area contributed by atoms with Crippen LogP contribution in [0.5, 0.6) is 0 Å². The molecule has 5 heteroatoms. The summed E-state index contributed by atoms with van der Waals surface area (Å²) < 4.78 is 7.06. The summed E-state index contributed by atoms with van der Waals surface area (Å²) in [5, 5.41) is 7.46. The minimum absolute atomic E-state index is 0.448. The van der Waals surface area contributed by atoms with Crippen LogP contribution in [-0.4, -0.2) is 28.2 Å². The third kappa shape index (κ3) is 3.89. The number of aromatic nitrogens is 3. The van der Waals surface area contributed by atoms with Crippen LogP contribution in [0.2, 0.25) is 0 Å². The first kappa shape index (κ1) is 9.98. The highest BCUT2D eigenvalue weighted by Gasteiger charge is 1.97. The Hall–Kier alpha value is -1.10. The molecule has 74 valence electrons. The van der Waals surface area contributed by atoms with Crippen molar-refractivity contribution in [3.8, 4) is 0 Å². The Morgan fingerprint density at radius 2 is 2.38 bits per heavy atom. The molecular weight excluding hydrogens is 168 g/mol. The first-order chi connectivity index (χ1) is 6.18. The molecule has 0 saturated carbocycles. The van der Waals surface area contributed by atoms with E-state index in [4.69, 9.17) is 10.5 Å². The quantitative estimate of drug-likeness (QED) is 0.678. The number of rotatable bonds is 5. The van der Waals surface area contributed by atoms with Crippen LogP contribution in [0.15, 0.2) is 6.20 Å². The molecule has 0 bridgehead atoms. The van der Waals surface area contributed by atoms with Crippen LogP contribution in [0, 0.1) is 5.92 Å². The Morgan fingerprint density at radius 1 is 1.62 bits per heavy atom. The molecule has 0 aliphatic carbocycles. The van der Waals surface area contributed by atoms with Gasteiger partial charge in [0.15, 0.2) is 5.82 Å². The van der Waals surface area contributed by atoms with Crippen molar-refractivity contribution in [2.75, 3.05) is 18.9 Å². The van der Waals surface area contributed by atoms with E-state index in [1.165, 1.54) is 0 Å². The van der Waals surface area contributed by atoms with Gasteiger partial charge in [0.1, 0.15) is 0 Å². The van der Waals surface area contributed by atoms with Crippen molar-refractivity contribution in [1.82, 2.24) is 15.0 Å².